The Bertz CT molecular complexity index is 298. The molecule has 5 nitrogen and oxygen atoms in total. The van der Waals surface area contributed by atoms with Gasteiger partial charge in [0.2, 0.25) is 6.29 Å². The lowest BCUT2D eigenvalue weighted by molar-refractivity contribution is -0.175. The van der Waals surface area contributed by atoms with Gasteiger partial charge in [-0.1, -0.05) is 0 Å². The molecule has 0 aromatic rings. The molecule has 94 valence electrons. The van der Waals surface area contributed by atoms with Crippen LogP contribution in [0, 0.1) is 0 Å². The highest BCUT2D eigenvalue weighted by atomic mass is 31.2. The highest BCUT2D eigenvalue weighted by Gasteiger charge is 2.35. The van der Waals surface area contributed by atoms with E-state index in [4.69, 9.17) is 14.2 Å². The van der Waals surface area contributed by atoms with Gasteiger partial charge in [0.15, 0.2) is 6.29 Å². The molecule has 1 unspecified atom stereocenters. The third-order valence-corrected chi connectivity index (χ3v) is 3.56. The summed E-state index contributed by atoms with van der Waals surface area (Å²) in [4.78, 5) is 10.8. The van der Waals surface area contributed by atoms with Crippen molar-refractivity contribution in [1.82, 2.24) is 0 Å². The maximum atomic E-state index is 11.5. The summed E-state index contributed by atoms with van der Waals surface area (Å²) in [7, 11) is -2.05. The fourth-order valence-electron chi connectivity index (χ4n) is 1.44. The first-order chi connectivity index (χ1) is 7.28. The number of hydrogen-bond donors (Lipinski definition) is 0. The minimum absolute atomic E-state index is 0.276. The Kier molecular flexibility index (Phi) is 4.53. The lowest BCUT2D eigenvalue weighted by atomic mass is 10.4. The topological polar surface area (TPSA) is 61.8 Å². The first-order valence-corrected chi connectivity index (χ1v) is 8.09. The quantitative estimate of drug-likeness (QED) is 0.560. The van der Waals surface area contributed by atoms with Gasteiger partial charge >= 0.3 is 5.97 Å². The molecule has 1 fully saturated rings. The van der Waals surface area contributed by atoms with E-state index in [1.54, 1.807) is 20.3 Å². The van der Waals surface area contributed by atoms with Crippen LogP contribution in [-0.2, 0) is 23.6 Å². The molecule has 0 saturated carbocycles. The number of rotatable bonds is 4. The van der Waals surface area contributed by atoms with Crippen molar-refractivity contribution < 1.29 is 23.6 Å². The number of carbonyl (C=O) groups is 1. The van der Waals surface area contributed by atoms with Crippen LogP contribution in [0.3, 0.4) is 0 Å². The van der Waals surface area contributed by atoms with Crippen LogP contribution in [0.4, 0.5) is 0 Å². The average Bonchev–Trinajstić information content (AvgIpc) is 2.42. The van der Waals surface area contributed by atoms with Crippen molar-refractivity contribution in [3.8, 4) is 0 Å². The standard InChI is InChI=1S/C10H19O5P/c1-7-10(14-8(2)11)15-9(13-7)5-6-16(3,4)12/h7,9-10H,5-6H2,1-4H3/t7-,9-,10?/m1/s1. The molecule has 0 aromatic carbocycles. The summed E-state index contributed by atoms with van der Waals surface area (Å²) < 4.78 is 27.3. The van der Waals surface area contributed by atoms with E-state index in [1.807, 2.05) is 0 Å². The fraction of sp³-hybridized carbons (Fsp3) is 0.900. The second-order valence-corrected chi connectivity index (χ2v) is 8.07. The van der Waals surface area contributed by atoms with Crippen LogP contribution in [-0.4, -0.2) is 44.1 Å². The zero-order valence-corrected chi connectivity index (χ0v) is 11.0. The molecule has 0 aliphatic carbocycles. The Labute approximate surface area is 95.8 Å². The van der Waals surface area contributed by atoms with Crippen LogP contribution < -0.4 is 0 Å². The van der Waals surface area contributed by atoms with Gasteiger partial charge in [0.25, 0.3) is 0 Å². The molecule has 0 N–H and O–H groups in total. The largest absolute Gasteiger partial charge is 0.433 e. The van der Waals surface area contributed by atoms with Gasteiger partial charge in [0.05, 0.1) is 7.14 Å². The number of hydrogen-bond acceptors (Lipinski definition) is 5. The summed E-state index contributed by atoms with van der Waals surface area (Å²) in [5.41, 5.74) is 0. The van der Waals surface area contributed by atoms with E-state index < -0.39 is 25.7 Å². The molecule has 1 saturated heterocycles. The third kappa shape index (κ3) is 4.64. The molecule has 16 heavy (non-hydrogen) atoms. The Hall–Kier alpha value is -0.380. The number of ether oxygens (including phenoxy) is 3. The molecule has 0 aromatic heterocycles. The molecular weight excluding hydrogens is 231 g/mol. The molecule has 6 heteroatoms. The van der Waals surface area contributed by atoms with Crippen molar-refractivity contribution in [3.63, 3.8) is 0 Å². The minimum atomic E-state index is -2.05. The molecule has 3 atom stereocenters. The van der Waals surface area contributed by atoms with Gasteiger partial charge in [0, 0.05) is 19.5 Å². The summed E-state index contributed by atoms with van der Waals surface area (Å²) in [5.74, 6) is -0.391. The van der Waals surface area contributed by atoms with E-state index in [0.29, 0.717) is 12.6 Å². The normalized spacial score (nSPS) is 30.4. The molecule has 0 amide bonds. The van der Waals surface area contributed by atoms with Crippen LogP contribution in [0.25, 0.3) is 0 Å². The van der Waals surface area contributed by atoms with Crippen LogP contribution in [0.2, 0.25) is 0 Å². The van der Waals surface area contributed by atoms with Crippen LogP contribution >= 0.6 is 7.14 Å². The van der Waals surface area contributed by atoms with Crippen molar-refractivity contribution in [2.24, 2.45) is 0 Å². The maximum absolute atomic E-state index is 11.5. The molecule has 1 aliphatic heterocycles. The SMILES string of the molecule is CC(=O)OC1O[C@H](CCP(C)(C)=O)O[C@@H]1C. The fourth-order valence-corrected chi connectivity index (χ4v) is 2.27. The first-order valence-electron chi connectivity index (χ1n) is 5.30. The Morgan fingerprint density at radius 3 is 2.50 bits per heavy atom. The lowest BCUT2D eigenvalue weighted by Crippen LogP contribution is -2.24. The molecule has 0 bridgehead atoms. The molecule has 1 rings (SSSR count). The summed E-state index contributed by atoms with van der Waals surface area (Å²) in [6, 6.07) is 0. The molecule has 1 aliphatic rings. The maximum Gasteiger partial charge on any atom is 0.305 e. The minimum Gasteiger partial charge on any atom is -0.433 e. The Balaban J connectivity index is 2.38. The molecule has 1 heterocycles. The van der Waals surface area contributed by atoms with Gasteiger partial charge in [-0.15, -0.1) is 0 Å². The molecule has 0 spiro atoms. The van der Waals surface area contributed by atoms with Gasteiger partial charge in [-0.05, 0) is 20.3 Å². The van der Waals surface area contributed by atoms with Gasteiger partial charge in [0.1, 0.15) is 6.10 Å². The zero-order valence-electron chi connectivity index (χ0n) is 10.1. The average molecular weight is 250 g/mol. The monoisotopic (exact) mass is 250 g/mol. The van der Waals surface area contributed by atoms with E-state index >= 15 is 0 Å². The third-order valence-electron chi connectivity index (χ3n) is 2.22. The number of carbonyl (C=O) groups excluding carboxylic acids is 1. The van der Waals surface area contributed by atoms with Crippen molar-refractivity contribution in [3.05, 3.63) is 0 Å². The first kappa shape index (κ1) is 13.7. The Morgan fingerprint density at radius 1 is 1.38 bits per heavy atom. The van der Waals surface area contributed by atoms with Crippen molar-refractivity contribution in [2.75, 3.05) is 19.5 Å². The second-order valence-electron chi connectivity index (χ2n) is 4.47. The van der Waals surface area contributed by atoms with E-state index in [2.05, 4.69) is 0 Å². The predicted molar refractivity (Wildman–Crippen MR) is 59.9 cm³/mol. The van der Waals surface area contributed by atoms with E-state index in [-0.39, 0.29) is 6.10 Å². The van der Waals surface area contributed by atoms with E-state index in [9.17, 15) is 9.36 Å². The van der Waals surface area contributed by atoms with Crippen molar-refractivity contribution >= 4 is 13.1 Å². The lowest BCUT2D eigenvalue weighted by Gasteiger charge is -2.12. The summed E-state index contributed by atoms with van der Waals surface area (Å²) >= 11 is 0. The summed E-state index contributed by atoms with van der Waals surface area (Å²) in [6.45, 7) is 6.57. The van der Waals surface area contributed by atoms with Gasteiger partial charge < -0.3 is 18.8 Å². The van der Waals surface area contributed by atoms with Crippen LogP contribution in [0.15, 0.2) is 0 Å². The van der Waals surface area contributed by atoms with E-state index in [1.165, 1.54) is 6.92 Å². The van der Waals surface area contributed by atoms with E-state index in [0.717, 1.165) is 0 Å². The van der Waals surface area contributed by atoms with Gasteiger partial charge in [-0.2, -0.15) is 0 Å². The second kappa shape index (κ2) is 5.30. The van der Waals surface area contributed by atoms with Gasteiger partial charge in [-0.3, -0.25) is 4.79 Å². The Morgan fingerprint density at radius 2 is 2.00 bits per heavy atom. The van der Waals surface area contributed by atoms with Gasteiger partial charge in [-0.25, -0.2) is 0 Å². The highest BCUT2D eigenvalue weighted by Crippen LogP contribution is 2.38. The van der Waals surface area contributed by atoms with Crippen molar-refractivity contribution in [2.45, 2.75) is 39.0 Å². The predicted octanol–water partition coefficient (Wildman–Crippen LogP) is 1.65. The summed E-state index contributed by atoms with van der Waals surface area (Å²) in [6.07, 6.45) is -0.214. The zero-order chi connectivity index (χ0) is 12.3. The highest BCUT2D eigenvalue weighted by molar-refractivity contribution is 7.62. The molecular formula is C10H19O5P. The van der Waals surface area contributed by atoms with Crippen molar-refractivity contribution in [1.29, 1.82) is 0 Å². The summed E-state index contributed by atoms with van der Waals surface area (Å²) in [5, 5.41) is 0. The smallest absolute Gasteiger partial charge is 0.305 e. The number of esters is 1. The van der Waals surface area contributed by atoms with Crippen LogP contribution in [0.5, 0.6) is 0 Å². The molecule has 0 radical (unpaired) electrons. The van der Waals surface area contributed by atoms with Crippen LogP contribution in [0.1, 0.15) is 20.3 Å².